The van der Waals surface area contributed by atoms with E-state index in [0.29, 0.717) is 16.9 Å². The maximum atomic E-state index is 6.25. The van der Waals surface area contributed by atoms with Gasteiger partial charge >= 0.3 is 0 Å². The molecule has 0 aliphatic heterocycles. The normalized spacial score (nSPS) is 11.0. The van der Waals surface area contributed by atoms with Gasteiger partial charge in [0.25, 0.3) is 0 Å². The summed E-state index contributed by atoms with van der Waals surface area (Å²) in [5.74, 6) is 1.01. The van der Waals surface area contributed by atoms with Gasteiger partial charge in [0.15, 0.2) is 5.82 Å². The Morgan fingerprint density at radius 2 is 1.72 bits per heavy atom. The molecule has 0 saturated heterocycles. The minimum Gasteiger partial charge on any atom is -0.233 e. The van der Waals surface area contributed by atoms with Gasteiger partial charge in [-0.05, 0) is 25.0 Å². The highest BCUT2D eigenvalue weighted by Gasteiger charge is 2.13. The predicted molar refractivity (Wildman–Crippen MR) is 79.0 cm³/mol. The highest BCUT2D eigenvalue weighted by atomic mass is 79.9. The third-order valence-corrected chi connectivity index (χ3v) is 3.59. The van der Waals surface area contributed by atoms with Crippen LogP contribution in [0.1, 0.15) is 31.0 Å². The van der Waals surface area contributed by atoms with Crippen molar-refractivity contribution in [2.24, 2.45) is 0 Å². The summed E-state index contributed by atoms with van der Waals surface area (Å²) in [6.07, 6.45) is 0. The molecule has 0 radical (unpaired) electrons. The molecule has 18 heavy (non-hydrogen) atoms. The van der Waals surface area contributed by atoms with E-state index in [1.54, 1.807) is 0 Å². The van der Waals surface area contributed by atoms with Crippen molar-refractivity contribution in [1.82, 2.24) is 9.97 Å². The van der Waals surface area contributed by atoms with Gasteiger partial charge in [-0.2, -0.15) is 0 Å². The number of hydrogen-bond donors (Lipinski definition) is 0. The van der Waals surface area contributed by atoms with E-state index in [4.69, 9.17) is 11.6 Å². The van der Waals surface area contributed by atoms with Gasteiger partial charge < -0.3 is 0 Å². The average Bonchev–Trinajstić information content (AvgIpc) is 2.28. The smallest absolute Gasteiger partial charge is 0.161 e. The highest BCUT2D eigenvalue weighted by molar-refractivity contribution is 9.10. The molecule has 94 valence electrons. The van der Waals surface area contributed by atoms with Gasteiger partial charge in [-0.1, -0.05) is 53.5 Å². The van der Waals surface area contributed by atoms with Gasteiger partial charge in [0, 0.05) is 21.3 Å². The van der Waals surface area contributed by atoms with Crippen LogP contribution in [0.25, 0.3) is 11.4 Å². The van der Waals surface area contributed by atoms with Crippen LogP contribution in [0, 0.1) is 6.92 Å². The summed E-state index contributed by atoms with van der Waals surface area (Å²) in [4.78, 5) is 8.94. The van der Waals surface area contributed by atoms with Crippen LogP contribution in [0.15, 0.2) is 28.7 Å². The van der Waals surface area contributed by atoms with Crippen molar-refractivity contribution in [2.45, 2.75) is 26.7 Å². The summed E-state index contributed by atoms with van der Waals surface area (Å²) in [5.41, 5.74) is 2.94. The lowest BCUT2D eigenvalue weighted by Gasteiger charge is -2.12. The van der Waals surface area contributed by atoms with Crippen LogP contribution < -0.4 is 0 Å². The van der Waals surface area contributed by atoms with Crippen molar-refractivity contribution in [2.75, 3.05) is 0 Å². The fourth-order valence-electron chi connectivity index (χ4n) is 1.93. The van der Waals surface area contributed by atoms with Gasteiger partial charge in [0.05, 0.1) is 0 Å². The highest BCUT2D eigenvalue weighted by Crippen LogP contribution is 2.28. The number of rotatable bonds is 2. The standard InChI is InChI=1S/C14H14BrClN2/c1-8(2)12-9(3)17-14(18-13(12)16)10-4-6-11(15)7-5-10/h4-8H,1-3H3. The van der Waals surface area contributed by atoms with Gasteiger partial charge in [-0.15, -0.1) is 0 Å². The van der Waals surface area contributed by atoms with Crippen LogP contribution in [-0.4, -0.2) is 9.97 Å². The third kappa shape index (κ3) is 2.73. The molecule has 0 spiro atoms. The number of aryl methyl sites for hydroxylation is 1. The Balaban J connectivity index is 2.51. The number of benzene rings is 1. The number of aromatic nitrogens is 2. The molecule has 1 heterocycles. The minimum atomic E-state index is 0.330. The van der Waals surface area contributed by atoms with E-state index in [2.05, 4.69) is 39.7 Å². The average molecular weight is 326 g/mol. The molecule has 0 saturated carbocycles. The zero-order chi connectivity index (χ0) is 13.3. The number of hydrogen-bond acceptors (Lipinski definition) is 2. The van der Waals surface area contributed by atoms with E-state index in [0.717, 1.165) is 21.3 Å². The molecule has 0 bridgehead atoms. The molecular formula is C14H14BrClN2. The Morgan fingerprint density at radius 3 is 2.22 bits per heavy atom. The zero-order valence-corrected chi connectivity index (χ0v) is 12.9. The second-order valence-corrected chi connectivity index (χ2v) is 5.77. The quantitative estimate of drug-likeness (QED) is 0.727. The largest absolute Gasteiger partial charge is 0.233 e. The van der Waals surface area contributed by atoms with E-state index < -0.39 is 0 Å². The summed E-state index contributed by atoms with van der Waals surface area (Å²) in [5, 5.41) is 0.551. The molecule has 2 rings (SSSR count). The summed E-state index contributed by atoms with van der Waals surface area (Å²) < 4.78 is 1.04. The summed E-state index contributed by atoms with van der Waals surface area (Å²) in [6.45, 7) is 6.17. The zero-order valence-electron chi connectivity index (χ0n) is 10.5. The van der Waals surface area contributed by atoms with Crippen molar-refractivity contribution in [3.63, 3.8) is 0 Å². The lowest BCUT2D eigenvalue weighted by atomic mass is 10.0. The first kappa shape index (κ1) is 13.5. The molecule has 0 fully saturated rings. The van der Waals surface area contributed by atoms with Gasteiger partial charge in [-0.3, -0.25) is 0 Å². The van der Waals surface area contributed by atoms with Crippen molar-refractivity contribution < 1.29 is 0 Å². The van der Waals surface area contributed by atoms with Gasteiger partial charge in [0.2, 0.25) is 0 Å². The van der Waals surface area contributed by atoms with Crippen LogP contribution in [0.3, 0.4) is 0 Å². The molecule has 0 aliphatic carbocycles. The fourth-order valence-corrected chi connectivity index (χ4v) is 2.63. The molecule has 1 aromatic carbocycles. The first-order chi connectivity index (χ1) is 8.49. The summed E-state index contributed by atoms with van der Waals surface area (Å²) in [7, 11) is 0. The Kier molecular flexibility index (Phi) is 4.03. The lowest BCUT2D eigenvalue weighted by Crippen LogP contribution is -2.01. The van der Waals surface area contributed by atoms with Crippen molar-refractivity contribution in [3.05, 3.63) is 45.1 Å². The SMILES string of the molecule is Cc1nc(-c2ccc(Br)cc2)nc(Cl)c1C(C)C. The maximum absolute atomic E-state index is 6.25. The molecule has 1 aromatic heterocycles. The molecule has 2 aromatic rings. The van der Waals surface area contributed by atoms with Crippen molar-refractivity contribution >= 4 is 27.5 Å². The molecule has 4 heteroatoms. The molecule has 0 N–H and O–H groups in total. The molecule has 0 unspecified atom stereocenters. The molecule has 2 nitrogen and oxygen atoms in total. The third-order valence-electron chi connectivity index (χ3n) is 2.77. The minimum absolute atomic E-state index is 0.330. The monoisotopic (exact) mass is 324 g/mol. The lowest BCUT2D eigenvalue weighted by molar-refractivity contribution is 0.831. The second-order valence-electron chi connectivity index (χ2n) is 4.50. The van der Waals surface area contributed by atoms with Crippen LogP contribution >= 0.6 is 27.5 Å². The Hall–Kier alpha value is -0.930. The van der Waals surface area contributed by atoms with Crippen LogP contribution in [-0.2, 0) is 0 Å². The Morgan fingerprint density at radius 1 is 1.11 bits per heavy atom. The number of halogens is 2. The molecule has 0 atom stereocenters. The maximum Gasteiger partial charge on any atom is 0.161 e. The molecule has 0 aliphatic rings. The summed E-state index contributed by atoms with van der Waals surface area (Å²) >= 11 is 9.66. The summed E-state index contributed by atoms with van der Waals surface area (Å²) in [6, 6.07) is 7.89. The Labute approximate surface area is 121 Å². The number of nitrogens with zero attached hydrogens (tertiary/aromatic N) is 2. The first-order valence-corrected chi connectivity index (χ1v) is 6.96. The topological polar surface area (TPSA) is 25.8 Å². The van der Waals surface area contributed by atoms with Crippen LogP contribution in [0.2, 0.25) is 5.15 Å². The van der Waals surface area contributed by atoms with E-state index >= 15 is 0 Å². The fraction of sp³-hybridized carbons (Fsp3) is 0.286. The van der Waals surface area contributed by atoms with Crippen LogP contribution in [0.4, 0.5) is 0 Å². The molecular weight excluding hydrogens is 312 g/mol. The van der Waals surface area contributed by atoms with E-state index in [9.17, 15) is 0 Å². The Bertz CT molecular complexity index is 542. The van der Waals surface area contributed by atoms with Crippen molar-refractivity contribution in [3.8, 4) is 11.4 Å². The van der Waals surface area contributed by atoms with Gasteiger partial charge in [-0.25, -0.2) is 9.97 Å². The molecule has 0 amide bonds. The van der Waals surface area contributed by atoms with E-state index in [1.165, 1.54) is 0 Å². The predicted octanol–water partition coefficient (Wildman–Crippen LogP) is 4.99. The van der Waals surface area contributed by atoms with E-state index in [-0.39, 0.29) is 0 Å². The van der Waals surface area contributed by atoms with Crippen LogP contribution in [0.5, 0.6) is 0 Å². The first-order valence-electron chi connectivity index (χ1n) is 5.79. The van der Waals surface area contributed by atoms with E-state index in [1.807, 2.05) is 31.2 Å². The van der Waals surface area contributed by atoms with Crippen molar-refractivity contribution in [1.29, 1.82) is 0 Å². The second kappa shape index (κ2) is 5.37. The van der Waals surface area contributed by atoms with Gasteiger partial charge in [0.1, 0.15) is 5.15 Å².